The molecule has 90 valence electrons. The number of hydrogen-bond donors (Lipinski definition) is 3. The fraction of sp³-hybridized carbons (Fsp3) is 0.583. The van der Waals surface area contributed by atoms with Crippen molar-refractivity contribution in [2.75, 3.05) is 30.8 Å². The number of anilines is 2. The number of unbranched alkanes of at least 4 members (excludes halogenated alkanes) is 3. The number of aliphatic hydroxyl groups is 1. The van der Waals surface area contributed by atoms with Crippen molar-refractivity contribution in [2.45, 2.75) is 25.7 Å². The first-order valence-electron chi connectivity index (χ1n) is 5.86. The fourth-order valence-corrected chi connectivity index (χ4v) is 1.48. The molecule has 0 radical (unpaired) electrons. The summed E-state index contributed by atoms with van der Waals surface area (Å²) in [6, 6.07) is 5.88. The van der Waals surface area contributed by atoms with Crippen molar-refractivity contribution in [3.05, 3.63) is 18.2 Å². The molecule has 0 saturated carbocycles. The Balaban J connectivity index is 2.16. The van der Waals surface area contributed by atoms with Crippen LogP contribution in [0.15, 0.2) is 18.2 Å². The van der Waals surface area contributed by atoms with E-state index in [1.807, 2.05) is 25.2 Å². The molecule has 4 nitrogen and oxygen atoms in total. The molecular formula is C12H21N3O. The van der Waals surface area contributed by atoms with Gasteiger partial charge in [0.15, 0.2) is 0 Å². The lowest BCUT2D eigenvalue weighted by atomic mass is 10.2. The van der Waals surface area contributed by atoms with Crippen molar-refractivity contribution in [3.63, 3.8) is 0 Å². The summed E-state index contributed by atoms with van der Waals surface area (Å²) in [7, 11) is 1.86. The summed E-state index contributed by atoms with van der Waals surface area (Å²) < 4.78 is 0. The first-order valence-corrected chi connectivity index (χ1v) is 5.86. The maximum absolute atomic E-state index is 8.63. The van der Waals surface area contributed by atoms with Gasteiger partial charge >= 0.3 is 0 Å². The molecule has 1 aromatic heterocycles. The van der Waals surface area contributed by atoms with E-state index in [0.29, 0.717) is 6.61 Å². The Kier molecular flexibility index (Phi) is 6.33. The van der Waals surface area contributed by atoms with Gasteiger partial charge in [-0.3, -0.25) is 0 Å². The lowest BCUT2D eigenvalue weighted by Gasteiger charge is -2.06. The van der Waals surface area contributed by atoms with Gasteiger partial charge in [0.25, 0.3) is 0 Å². The Labute approximate surface area is 97.1 Å². The Bertz CT molecular complexity index is 291. The fourth-order valence-electron chi connectivity index (χ4n) is 1.48. The maximum atomic E-state index is 8.63. The second-order valence-corrected chi connectivity index (χ2v) is 3.72. The van der Waals surface area contributed by atoms with Crippen LogP contribution < -0.4 is 10.6 Å². The van der Waals surface area contributed by atoms with E-state index in [-0.39, 0.29) is 0 Å². The van der Waals surface area contributed by atoms with Gasteiger partial charge in [-0.05, 0) is 25.0 Å². The first kappa shape index (κ1) is 12.8. The molecule has 4 heteroatoms. The van der Waals surface area contributed by atoms with Crippen LogP contribution >= 0.6 is 0 Å². The van der Waals surface area contributed by atoms with E-state index in [4.69, 9.17) is 5.11 Å². The van der Waals surface area contributed by atoms with E-state index in [1.165, 1.54) is 0 Å². The lowest BCUT2D eigenvalue weighted by Crippen LogP contribution is -2.04. The molecule has 0 aliphatic carbocycles. The summed E-state index contributed by atoms with van der Waals surface area (Å²) in [6.07, 6.45) is 4.28. The molecule has 0 bridgehead atoms. The molecule has 1 aromatic rings. The topological polar surface area (TPSA) is 57.2 Å². The summed E-state index contributed by atoms with van der Waals surface area (Å²) in [5, 5.41) is 14.9. The Hall–Kier alpha value is -1.29. The lowest BCUT2D eigenvalue weighted by molar-refractivity contribution is 0.283. The second kappa shape index (κ2) is 7.93. The van der Waals surface area contributed by atoms with Crippen LogP contribution in [-0.4, -0.2) is 30.3 Å². The Morgan fingerprint density at radius 3 is 2.62 bits per heavy atom. The zero-order valence-electron chi connectivity index (χ0n) is 9.87. The molecule has 0 unspecified atom stereocenters. The van der Waals surface area contributed by atoms with Gasteiger partial charge in [-0.15, -0.1) is 0 Å². The minimum atomic E-state index is 0.305. The van der Waals surface area contributed by atoms with Crippen LogP contribution in [0.25, 0.3) is 0 Å². The van der Waals surface area contributed by atoms with E-state index in [2.05, 4.69) is 15.6 Å². The zero-order chi connectivity index (χ0) is 11.6. The van der Waals surface area contributed by atoms with Crippen molar-refractivity contribution in [3.8, 4) is 0 Å². The highest BCUT2D eigenvalue weighted by Gasteiger charge is 1.95. The monoisotopic (exact) mass is 223 g/mol. The van der Waals surface area contributed by atoms with Gasteiger partial charge in [-0.2, -0.15) is 0 Å². The number of aromatic nitrogens is 1. The predicted octanol–water partition coefficient (Wildman–Crippen LogP) is 2.09. The highest BCUT2D eigenvalue weighted by molar-refractivity contribution is 5.44. The Morgan fingerprint density at radius 2 is 1.88 bits per heavy atom. The minimum Gasteiger partial charge on any atom is -0.396 e. The van der Waals surface area contributed by atoms with E-state index >= 15 is 0 Å². The Morgan fingerprint density at radius 1 is 1.12 bits per heavy atom. The van der Waals surface area contributed by atoms with Crippen LogP contribution in [0.2, 0.25) is 0 Å². The van der Waals surface area contributed by atoms with Gasteiger partial charge in [0, 0.05) is 20.2 Å². The summed E-state index contributed by atoms with van der Waals surface area (Å²) in [6.45, 7) is 1.24. The second-order valence-electron chi connectivity index (χ2n) is 3.72. The number of hydrogen-bond acceptors (Lipinski definition) is 4. The number of aliphatic hydroxyl groups excluding tert-OH is 1. The van der Waals surface area contributed by atoms with E-state index in [1.54, 1.807) is 0 Å². The molecule has 0 spiro atoms. The average Bonchev–Trinajstić information content (AvgIpc) is 2.34. The van der Waals surface area contributed by atoms with Gasteiger partial charge in [0.2, 0.25) is 0 Å². The summed E-state index contributed by atoms with van der Waals surface area (Å²) in [5.41, 5.74) is 0. The molecule has 1 heterocycles. The van der Waals surface area contributed by atoms with Gasteiger partial charge < -0.3 is 15.7 Å². The standard InChI is InChI=1S/C12H21N3O/c1-13-11-7-6-8-12(15-11)14-9-4-2-3-5-10-16/h6-8,16H,2-5,9-10H2,1H3,(H2,13,14,15). The van der Waals surface area contributed by atoms with Crippen molar-refractivity contribution < 1.29 is 5.11 Å². The normalized spacial score (nSPS) is 10.1. The molecule has 0 aliphatic rings. The third-order valence-electron chi connectivity index (χ3n) is 2.40. The van der Waals surface area contributed by atoms with Crippen molar-refractivity contribution >= 4 is 11.6 Å². The van der Waals surface area contributed by atoms with Gasteiger partial charge in [-0.25, -0.2) is 4.98 Å². The molecule has 0 amide bonds. The van der Waals surface area contributed by atoms with Crippen LogP contribution in [0.3, 0.4) is 0 Å². The van der Waals surface area contributed by atoms with Crippen LogP contribution in [0.5, 0.6) is 0 Å². The highest BCUT2D eigenvalue weighted by Crippen LogP contribution is 2.08. The first-order chi connectivity index (χ1) is 7.86. The van der Waals surface area contributed by atoms with Crippen LogP contribution in [-0.2, 0) is 0 Å². The summed E-state index contributed by atoms with van der Waals surface area (Å²) in [4.78, 5) is 4.36. The molecule has 0 saturated heterocycles. The number of rotatable bonds is 8. The van der Waals surface area contributed by atoms with Crippen LogP contribution in [0, 0.1) is 0 Å². The molecule has 3 N–H and O–H groups in total. The molecule has 0 atom stereocenters. The third-order valence-corrected chi connectivity index (χ3v) is 2.40. The zero-order valence-corrected chi connectivity index (χ0v) is 9.87. The van der Waals surface area contributed by atoms with E-state index < -0.39 is 0 Å². The van der Waals surface area contributed by atoms with Gasteiger partial charge in [0.05, 0.1) is 0 Å². The molecular weight excluding hydrogens is 202 g/mol. The van der Waals surface area contributed by atoms with Gasteiger partial charge in [-0.1, -0.05) is 18.9 Å². The average molecular weight is 223 g/mol. The number of pyridine rings is 1. The minimum absolute atomic E-state index is 0.305. The highest BCUT2D eigenvalue weighted by atomic mass is 16.2. The van der Waals surface area contributed by atoms with E-state index in [0.717, 1.165) is 43.9 Å². The molecule has 16 heavy (non-hydrogen) atoms. The SMILES string of the molecule is CNc1cccc(NCCCCCCO)n1. The van der Waals surface area contributed by atoms with Crippen molar-refractivity contribution in [1.29, 1.82) is 0 Å². The molecule has 0 aromatic carbocycles. The van der Waals surface area contributed by atoms with Crippen LogP contribution in [0.1, 0.15) is 25.7 Å². The van der Waals surface area contributed by atoms with Crippen molar-refractivity contribution in [1.82, 2.24) is 4.98 Å². The number of nitrogens with zero attached hydrogens (tertiary/aromatic N) is 1. The number of nitrogens with one attached hydrogen (secondary N) is 2. The predicted molar refractivity (Wildman–Crippen MR) is 67.8 cm³/mol. The maximum Gasteiger partial charge on any atom is 0.128 e. The van der Waals surface area contributed by atoms with E-state index in [9.17, 15) is 0 Å². The quantitative estimate of drug-likeness (QED) is 0.591. The summed E-state index contributed by atoms with van der Waals surface area (Å²) >= 11 is 0. The third kappa shape index (κ3) is 4.98. The summed E-state index contributed by atoms with van der Waals surface area (Å²) in [5.74, 6) is 1.79. The molecule has 0 aliphatic heterocycles. The smallest absolute Gasteiger partial charge is 0.128 e. The van der Waals surface area contributed by atoms with Gasteiger partial charge in [0.1, 0.15) is 11.6 Å². The van der Waals surface area contributed by atoms with Crippen LogP contribution in [0.4, 0.5) is 11.6 Å². The van der Waals surface area contributed by atoms with Crippen molar-refractivity contribution in [2.24, 2.45) is 0 Å². The molecule has 1 rings (SSSR count). The largest absolute Gasteiger partial charge is 0.396 e. The molecule has 0 fully saturated rings.